The van der Waals surface area contributed by atoms with Gasteiger partial charge in [-0.25, -0.2) is 4.79 Å². The van der Waals surface area contributed by atoms with Gasteiger partial charge in [-0.3, -0.25) is 9.59 Å². The molecular formula is C28H36N2O5. The molecule has 3 rings (SSSR count). The number of hydrogen-bond donors (Lipinski definition) is 3. The fraction of sp³-hybridized carbons (Fsp3) is 0.464. The number of nitrogens with one attached hydrogen (secondary N) is 2. The standard InChI is InChI=1S/C28H36N2O5/c1-17(2)13-19(27(33)30-25(18(3)4)14-26(31)32)15-29-28(34)35-16-24-22-11-7-5-9-20(22)21-10-6-8-12-23(21)24/h5-12,17-19,24-25H,13-16H2,1-4H3,(H,29,34)(H,30,33)(H,31,32)/t19?,25-/m1/s1. The number of carboxylic acid groups (broad SMARTS) is 1. The molecule has 1 aliphatic carbocycles. The molecule has 0 bridgehead atoms. The SMILES string of the molecule is CC(C)CC(CNC(=O)OCC1c2ccccc2-c2ccccc21)C(=O)N[C@H](CC(=O)O)C(C)C. The van der Waals surface area contributed by atoms with Crippen molar-refractivity contribution in [2.75, 3.05) is 13.2 Å². The highest BCUT2D eigenvalue weighted by Crippen LogP contribution is 2.44. The van der Waals surface area contributed by atoms with Gasteiger partial charge in [0.2, 0.25) is 5.91 Å². The predicted molar refractivity (Wildman–Crippen MR) is 135 cm³/mol. The summed E-state index contributed by atoms with van der Waals surface area (Å²) in [7, 11) is 0. The lowest BCUT2D eigenvalue weighted by atomic mass is 9.94. The minimum absolute atomic E-state index is 0.0233. The minimum atomic E-state index is -0.957. The maximum atomic E-state index is 12.9. The van der Waals surface area contributed by atoms with Crippen molar-refractivity contribution in [3.63, 3.8) is 0 Å². The molecule has 0 spiro atoms. The number of rotatable bonds is 11. The van der Waals surface area contributed by atoms with Crippen LogP contribution in [0.25, 0.3) is 11.1 Å². The summed E-state index contributed by atoms with van der Waals surface area (Å²) in [5.74, 6) is -1.52. The molecule has 2 aromatic carbocycles. The second-order valence-electron chi connectivity index (χ2n) is 9.99. The van der Waals surface area contributed by atoms with Gasteiger partial charge in [0.25, 0.3) is 0 Å². The Kier molecular flexibility index (Phi) is 8.90. The topological polar surface area (TPSA) is 105 Å². The fourth-order valence-corrected chi connectivity index (χ4v) is 4.65. The number of aliphatic carboxylic acids is 1. The van der Waals surface area contributed by atoms with Gasteiger partial charge in [-0.2, -0.15) is 0 Å². The highest BCUT2D eigenvalue weighted by Gasteiger charge is 2.30. The number of fused-ring (bicyclic) bond motifs is 3. The molecule has 1 unspecified atom stereocenters. The number of benzene rings is 2. The zero-order valence-electron chi connectivity index (χ0n) is 20.9. The van der Waals surface area contributed by atoms with Gasteiger partial charge in [-0.1, -0.05) is 76.2 Å². The van der Waals surface area contributed by atoms with Crippen molar-refractivity contribution in [2.45, 2.75) is 52.5 Å². The van der Waals surface area contributed by atoms with E-state index in [1.165, 1.54) is 0 Å². The molecule has 0 radical (unpaired) electrons. The Bertz CT molecular complexity index is 1000. The molecule has 2 atom stereocenters. The third-order valence-corrected chi connectivity index (χ3v) is 6.49. The quantitative estimate of drug-likeness (QED) is 0.428. The van der Waals surface area contributed by atoms with Gasteiger partial charge < -0.3 is 20.5 Å². The first-order chi connectivity index (χ1) is 16.7. The van der Waals surface area contributed by atoms with Crippen LogP contribution in [-0.4, -0.2) is 42.3 Å². The molecule has 0 saturated carbocycles. The molecule has 0 aromatic heterocycles. The van der Waals surface area contributed by atoms with E-state index in [0.29, 0.717) is 6.42 Å². The van der Waals surface area contributed by atoms with E-state index in [1.807, 2.05) is 52.0 Å². The van der Waals surface area contributed by atoms with Crippen molar-refractivity contribution in [3.8, 4) is 11.1 Å². The maximum Gasteiger partial charge on any atom is 0.407 e. The molecule has 7 heteroatoms. The van der Waals surface area contributed by atoms with Gasteiger partial charge in [-0.05, 0) is 40.5 Å². The highest BCUT2D eigenvalue weighted by molar-refractivity contribution is 5.81. The summed E-state index contributed by atoms with van der Waals surface area (Å²) in [4.78, 5) is 36.7. The van der Waals surface area contributed by atoms with E-state index < -0.39 is 24.0 Å². The van der Waals surface area contributed by atoms with Crippen molar-refractivity contribution in [1.82, 2.24) is 10.6 Å². The Hall–Kier alpha value is -3.35. The number of carboxylic acids is 1. The number of alkyl carbamates (subject to hydrolysis) is 1. The van der Waals surface area contributed by atoms with Crippen LogP contribution < -0.4 is 10.6 Å². The molecule has 3 N–H and O–H groups in total. The number of ether oxygens (including phenoxy) is 1. The van der Waals surface area contributed by atoms with Crippen LogP contribution in [0, 0.1) is 17.8 Å². The van der Waals surface area contributed by atoms with Crippen LogP contribution in [0.5, 0.6) is 0 Å². The van der Waals surface area contributed by atoms with Crippen molar-refractivity contribution in [3.05, 3.63) is 59.7 Å². The van der Waals surface area contributed by atoms with Gasteiger partial charge in [-0.15, -0.1) is 0 Å². The number of hydrogen-bond acceptors (Lipinski definition) is 4. The van der Waals surface area contributed by atoms with E-state index >= 15 is 0 Å². The maximum absolute atomic E-state index is 12.9. The van der Waals surface area contributed by atoms with E-state index in [0.717, 1.165) is 22.3 Å². The van der Waals surface area contributed by atoms with Crippen molar-refractivity contribution < 1.29 is 24.2 Å². The van der Waals surface area contributed by atoms with Crippen LogP contribution >= 0.6 is 0 Å². The molecule has 2 amide bonds. The Morgan fingerprint density at radius 1 is 0.943 bits per heavy atom. The molecule has 0 aliphatic heterocycles. The fourth-order valence-electron chi connectivity index (χ4n) is 4.65. The number of amides is 2. The minimum Gasteiger partial charge on any atom is -0.481 e. The van der Waals surface area contributed by atoms with E-state index in [-0.39, 0.29) is 43.2 Å². The lowest BCUT2D eigenvalue weighted by molar-refractivity contribution is -0.138. The monoisotopic (exact) mass is 480 g/mol. The molecule has 7 nitrogen and oxygen atoms in total. The Balaban J connectivity index is 1.59. The first-order valence-corrected chi connectivity index (χ1v) is 12.3. The zero-order chi connectivity index (χ0) is 25.5. The van der Waals surface area contributed by atoms with Crippen molar-refractivity contribution in [1.29, 1.82) is 0 Å². The molecule has 188 valence electrons. The molecule has 35 heavy (non-hydrogen) atoms. The summed E-state index contributed by atoms with van der Waals surface area (Å²) < 4.78 is 5.59. The molecule has 0 saturated heterocycles. The lowest BCUT2D eigenvalue weighted by Gasteiger charge is -2.25. The normalized spacial score (nSPS) is 14.2. The van der Waals surface area contributed by atoms with Crippen LogP contribution in [-0.2, 0) is 14.3 Å². The summed E-state index contributed by atoms with van der Waals surface area (Å²) in [5.41, 5.74) is 4.59. The Morgan fingerprint density at radius 2 is 1.51 bits per heavy atom. The highest BCUT2D eigenvalue weighted by atomic mass is 16.5. The third-order valence-electron chi connectivity index (χ3n) is 6.49. The molecule has 1 aliphatic rings. The van der Waals surface area contributed by atoms with Crippen LogP contribution in [0.2, 0.25) is 0 Å². The summed E-state index contributed by atoms with van der Waals surface area (Å²) in [6.45, 7) is 8.09. The van der Waals surface area contributed by atoms with Crippen molar-refractivity contribution in [2.24, 2.45) is 17.8 Å². The average molecular weight is 481 g/mol. The van der Waals surface area contributed by atoms with Gasteiger partial charge in [0, 0.05) is 18.5 Å². The smallest absolute Gasteiger partial charge is 0.407 e. The predicted octanol–water partition coefficient (Wildman–Crippen LogP) is 4.80. The Morgan fingerprint density at radius 3 is 2.03 bits per heavy atom. The average Bonchev–Trinajstić information content (AvgIpc) is 3.13. The summed E-state index contributed by atoms with van der Waals surface area (Å²) >= 11 is 0. The van der Waals surface area contributed by atoms with Gasteiger partial charge >= 0.3 is 12.1 Å². The van der Waals surface area contributed by atoms with Crippen LogP contribution in [0.1, 0.15) is 57.6 Å². The summed E-state index contributed by atoms with van der Waals surface area (Å²) in [5, 5.41) is 14.8. The number of carbonyl (C=O) groups is 3. The van der Waals surface area contributed by atoms with E-state index in [9.17, 15) is 14.4 Å². The zero-order valence-corrected chi connectivity index (χ0v) is 20.9. The van der Waals surface area contributed by atoms with Gasteiger partial charge in [0.1, 0.15) is 6.61 Å². The van der Waals surface area contributed by atoms with Crippen LogP contribution in [0.15, 0.2) is 48.5 Å². The van der Waals surface area contributed by atoms with E-state index in [4.69, 9.17) is 9.84 Å². The first-order valence-electron chi connectivity index (χ1n) is 12.3. The van der Waals surface area contributed by atoms with Crippen LogP contribution in [0.3, 0.4) is 0 Å². The first kappa shape index (κ1) is 26.3. The lowest BCUT2D eigenvalue weighted by Crippen LogP contribution is -2.46. The second-order valence-corrected chi connectivity index (χ2v) is 9.99. The van der Waals surface area contributed by atoms with Gasteiger partial charge in [0.15, 0.2) is 0 Å². The molecular weight excluding hydrogens is 444 g/mol. The largest absolute Gasteiger partial charge is 0.481 e. The molecule has 0 heterocycles. The molecule has 0 fully saturated rings. The van der Waals surface area contributed by atoms with Crippen molar-refractivity contribution >= 4 is 18.0 Å². The Labute approximate surface area is 207 Å². The third kappa shape index (κ3) is 6.84. The second kappa shape index (κ2) is 11.9. The number of carbonyl (C=O) groups excluding carboxylic acids is 2. The van der Waals surface area contributed by atoms with Crippen LogP contribution in [0.4, 0.5) is 4.79 Å². The van der Waals surface area contributed by atoms with Gasteiger partial charge in [0.05, 0.1) is 12.3 Å². The molecule has 2 aromatic rings. The summed E-state index contributed by atoms with van der Waals surface area (Å²) in [6, 6.07) is 15.8. The van der Waals surface area contributed by atoms with E-state index in [1.54, 1.807) is 0 Å². The summed E-state index contributed by atoms with van der Waals surface area (Å²) in [6.07, 6.45) is -0.148. The van der Waals surface area contributed by atoms with E-state index in [2.05, 4.69) is 34.9 Å².